The van der Waals surface area contributed by atoms with Gasteiger partial charge in [-0.15, -0.1) is 0 Å². The third-order valence-corrected chi connectivity index (χ3v) is 3.50. The Kier molecular flexibility index (Phi) is 3.27. The van der Waals surface area contributed by atoms with Crippen LogP contribution in [-0.4, -0.2) is 18.0 Å². The van der Waals surface area contributed by atoms with Gasteiger partial charge >= 0.3 is 6.03 Å². The molecule has 18 heavy (non-hydrogen) atoms. The van der Waals surface area contributed by atoms with Crippen molar-refractivity contribution in [2.24, 2.45) is 11.7 Å². The maximum Gasteiger partial charge on any atom is 0.323 e. The summed E-state index contributed by atoms with van der Waals surface area (Å²) < 4.78 is 0. The Labute approximate surface area is 106 Å². The maximum absolute atomic E-state index is 12.1. The lowest BCUT2D eigenvalue weighted by molar-refractivity contribution is -0.118. The van der Waals surface area contributed by atoms with Crippen molar-refractivity contribution in [3.05, 3.63) is 23.7 Å². The summed E-state index contributed by atoms with van der Waals surface area (Å²) in [6, 6.07) is -0.336. The van der Waals surface area contributed by atoms with Gasteiger partial charge in [0.15, 0.2) is 0 Å². The van der Waals surface area contributed by atoms with Crippen molar-refractivity contribution >= 4 is 11.9 Å². The van der Waals surface area contributed by atoms with Gasteiger partial charge in [-0.2, -0.15) is 0 Å². The van der Waals surface area contributed by atoms with E-state index in [1.807, 2.05) is 0 Å². The minimum absolute atomic E-state index is 0.0860. The number of rotatable bonds is 2. The second-order valence-electron chi connectivity index (χ2n) is 4.83. The Morgan fingerprint density at radius 2 is 2.17 bits per heavy atom. The zero-order valence-electron chi connectivity index (χ0n) is 10.4. The highest BCUT2D eigenvalue weighted by Crippen LogP contribution is 2.25. The highest BCUT2D eigenvalue weighted by molar-refractivity contribution is 6.00. The second-order valence-corrected chi connectivity index (χ2v) is 4.83. The summed E-state index contributed by atoms with van der Waals surface area (Å²) >= 11 is 0. The van der Waals surface area contributed by atoms with E-state index in [4.69, 9.17) is 5.73 Å². The first-order chi connectivity index (χ1) is 8.49. The molecule has 2 aliphatic rings. The molecule has 1 aliphatic carbocycles. The average molecular weight is 250 g/mol. The smallest absolute Gasteiger partial charge is 0.323 e. The highest BCUT2D eigenvalue weighted by Gasteiger charge is 2.29. The minimum atomic E-state index is -0.487. The van der Waals surface area contributed by atoms with Gasteiger partial charge < -0.3 is 21.7 Å². The molecule has 0 spiro atoms. The van der Waals surface area contributed by atoms with Crippen LogP contribution in [0.3, 0.4) is 0 Å². The lowest BCUT2D eigenvalue weighted by Crippen LogP contribution is -2.49. The highest BCUT2D eigenvalue weighted by atomic mass is 16.2. The fourth-order valence-electron chi connectivity index (χ4n) is 2.35. The predicted molar refractivity (Wildman–Crippen MR) is 67.0 cm³/mol. The van der Waals surface area contributed by atoms with E-state index >= 15 is 0 Å². The van der Waals surface area contributed by atoms with Crippen molar-refractivity contribution in [1.29, 1.82) is 0 Å². The van der Waals surface area contributed by atoms with Gasteiger partial charge in [-0.25, -0.2) is 4.79 Å². The third kappa shape index (κ3) is 2.32. The van der Waals surface area contributed by atoms with Gasteiger partial charge in [-0.3, -0.25) is 4.79 Å². The van der Waals surface area contributed by atoms with Crippen LogP contribution < -0.4 is 21.7 Å². The van der Waals surface area contributed by atoms with Crippen LogP contribution >= 0.6 is 0 Å². The van der Waals surface area contributed by atoms with Crippen molar-refractivity contribution < 1.29 is 9.59 Å². The van der Waals surface area contributed by atoms with Gasteiger partial charge in [-0.1, -0.05) is 19.9 Å². The van der Waals surface area contributed by atoms with Crippen LogP contribution in [0.15, 0.2) is 23.7 Å². The standard InChI is InChI=1S/C12H18N4O2/c1-6-4-3-5-8(6)15-11(17)10-9(13)7(2)14-12(18)16-10/h6,8H,2-5,13H2,1H3,(H,15,17)(H2,14,16,18)/t6-,8-/m1/s1. The van der Waals surface area contributed by atoms with E-state index in [-0.39, 0.29) is 29.0 Å². The van der Waals surface area contributed by atoms with E-state index in [9.17, 15) is 9.59 Å². The van der Waals surface area contributed by atoms with Gasteiger partial charge in [0.1, 0.15) is 5.70 Å². The molecule has 0 radical (unpaired) electrons. The number of amides is 3. The van der Waals surface area contributed by atoms with Crippen molar-refractivity contribution in [1.82, 2.24) is 16.0 Å². The van der Waals surface area contributed by atoms with Crippen LogP contribution in [-0.2, 0) is 4.79 Å². The molecule has 2 rings (SSSR count). The Morgan fingerprint density at radius 1 is 1.44 bits per heavy atom. The minimum Gasteiger partial charge on any atom is -0.395 e. The molecule has 1 saturated carbocycles. The normalized spacial score (nSPS) is 27.8. The Hall–Kier alpha value is -1.98. The number of urea groups is 1. The molecule has 0 unspecified atom stereocenters. The van der Waals surface area contributed by atoms with Gasteiger partial charge in [0, 0.05) is 6.04 Å². The van der Waals surface area contributed by atoms with Crippen molar-refractivity contribution in [2.45, 2.75) is 32.2 Å². The number of nitrogens with two attached hydrogens (primary N) is 1. The summed E-state index contributed by atoms with van der Waals surface area (Å²) in [7, 11) is 0. The van der Waals surface area contributed by atoms with Crippen LogP contribution in [0.1, 0.15) is 26.2 Å². The summed E-state index contributed by atoms with van der Waals surface area (Å²) in [6.45, 7) is 5.70. The first kappa shape index (κ1) is 12.5. The Bertz CT molecular complexity index is 441. The monoisotopic (exact) mass is 250 g/mol. The summed E-state index contributed by atoms with van der Waals surface area (Å²) in [4.78, 5) is 23.4. The molecule has 1 heterocycles. The molecule has 6 nitrogen and oxygen atoms in total. The third-order valence-electron chi connectivity index (χ3n) is 3.50. The predicted octanol–water partition coefficient (Wildman–Crippen LogP) is 0.288. The molecule has 2 atom stereocenters. The second kappa shape index (κ2) is 4.72. The van der Waals surface area contributed by atoms with Gasteiger partial charge in [-0.05, 0) is 18.8 Å². The lowest BCUT2D eigenvalue weighted by Gasteiger charge is -2.23. The molecule has 0 bridgehead atoms. The van der Waals surface area contributed by atoms with E-state index in [0.29, 0.717) is 5.92 Å². The van der Waals surface area contributed by atoms with Crippen molar-refractivity contribution in [3.63, 3.8) is 0 Å². The molecular formula is C12H18N4O2. The summed E-state index contributed by atoms with van der Waals surface area (Å²) in [5.41, 5.74) is 6.25. The topological polar surface area (TPSA) is 96.2 Å². The first-order valence-electron chi connectivity index (χ1n) is 6.07. The van der Waals surface area contributed by atoms with Gasteiger partial charge in [0.05, 0.1) is 11.4 Å². The quantitative estimate of drug-likeness (QED) is 0.567. The summed E-state index contributed by atoms with van der Waals surface area (Å²) in [5.74, 6) is 0.110. The lowest BCUT2D eigenvalue weighted by atomic mass is 10.1. The number of hydrogen-bond acceptors (Lipinski definition) is 3. The van der Waals surface area contributed by atoms with Crippen LogP contribution in [0.4, 0.5) is 4.79 Å². The fraction of sp³-hybridized carbons (Fsp3) is 0.500. The molecule has 98 valence electrons. The number of carbonyl (C=O) groups excluding carboxylic acids is 2. The number of carbonyl (C=O) groups is 2. The maximum atomic E-state index is 12.1. The molecule has 6 heteroatoms. The summed E-state index contributed by atoms with van der Waals surface area (Å²) in [6.07, 6.45) is 3.19. The van der Waals surface area contributed by atoms with Crippen LogP contribution in [0.5, 0.6) is 0 Å². The van der Waals surface area contributed by atoms with Crippen molar-refractivity contribution in [3.8, 4) is 0 Å². The molecule has 3 amide bonds. The van der Waals surface area contributed by atoms with E-state index in [1.54, 1.807) is 0 Å². The van der Waals surface area contributed by atoms with E-state index in [1.165, 1.54) is 0 Å². The average Bonchev–Trinajstić information content (AvgIpc) is 2.69. The van der Waals surface area contributed by atoms with E-state index in [2.05, 4.69) is 29.5 Å². The molecule has 0 aromatic carbocycles. The fourth-order valence-corrected chi connectivity index (χ4v) is 2.35. The zero-order chi connectivity index (χ0) is 13.3. The van der Waals surface area contributed by atoms with Crippen LogP contribution in [0.25, 0.3) is 0 Å². The number of nitrogens with one attached hydrogen (secondary N) is 3. The summed E-state index contributed by atoms with van der Waals surface area (Å²) in [5, 5.41) is 7.74. The van der Waals surface area contributed by atoms with E-state index in [0.717, 1.165) is 19.3 Å². The van der Waals surface area contributed by atoms with E-state index < -0.39 is 6.03 Å². The molecular weight excluding hydrogens is 232 g/mol. The van der Waals surface area contributed by atoms with Gasteiger partial charge in [0.2, 0.25) is 0 Å². The van der Waals surface area contributed by atoms with Crippen LogP contribution in [0.2, 0.25) is 0 Å². The molecule has 5 N–H and O–H groups in total. The zero-order valence-corrected chi connectivity index (χ0v) is 10.4. The van der Waals surface area contributed by atoms with Crippen molar-refractivity contribution in [2.75, 3.05) is 0 Å². The Morgan fingerprint density at radius 3 is 2.78 bits per heavy atom. The molecule has 0 saturated heterocycles. The molecule has 1 aliphatic heterocycles. The van der Waals surface area contributed by atoms with Crippen LogP contribution in [0, 0.1) is 5.92 Å². The molecule has 0 aromatic rings. The molecule has 0 aromatic heterocycles. The SMILES string of the molecule is C=C1NC(=O)NC(C(=O)N[C@@H]2CCC[C@H]2C)=C1N. The number of hydrogen-bond donors (Lipinski definition) is 4. The van der Waals surface area contributed by atoms with Gasteiger partial charge in [0.25, 0.3) is 5.91 Å². The Balaban J connectivity index is 2.10. The first-order valence-corrected chi connectivity index (χ1v) is 6.07. The molecule has 1 fully saturated rings. The largest absolute Gasteiger partial charge is 0.395 e.